The summed E-state index contributed by atoms with van der Waals surface area (Å²) in [4.78, 5) is 0. The van der Waals surface area contributed by atoms with E-state index < -0.39 is 0 Å². The highest BCUT2D eigenvalue weighted by atomic mass is 16.7. The van der Waals surface area contributed by atoms with Crippen molar-refractivity contribution in [2.75, 3.05) is 13.2 Å². The summed E-state index contributed by atoms with van der Waals surface area (Å²) in [7, 11) is 0. The van der Waals surface area contributed by atoms with Crippen LogP contribution >= 0.6 is 0 Å². The van der Waals surface area contributed by atoms with Crippen molar-refractivity contribution < 1.29 is 9.47 Å². The highest BCUT2D eigenvalue weighted by molar-refractivity contribution is 4.90. The van der Waals surface area contributed by atoms with Crippen molar-refractivity contribution in [1.82, 2.24) is 0 Å². The zero-order valence-electron chi connectivity index (χ0n) is 8.58. The summed E-state index contributed by atoms with van der Waals surface area (Å²) < 4.78 is 10.9. The number of unbranched alkanes of at least 4 members (excludes halogenated alkanes) is 1. The van der Waals surface area contributed by atoms with Crippen molar-refractivity contribution in [3.63, 3.8) is 0 Å². The van der Waals surface area contributed by atoms with Crippen molar-refractivity contribution in [1.29, 1.82) is 0 Å². The maximum absolute atomic E-state index is 5.50. The summed E-state index contributed by atoms with van der Waals surface area (Å²) in [6.07, 6.45) is 14.3. The molecule has 1 aliphatic rings. The van der Waals surface area contributed by atoms with Gasteiger partial charge in [0, 0.05) is 13.0 Å². The maximum Gasteiger partial charge on any atom is 0.157 e. The van der Waals surface area contributed by atoms with Crippen LogP contribution in [0, 0.1) is 12.3 Å². The average molecular weight is 194 g/mol. The van der Waals surface area contributed by atoms with Crippen LogP contribution in [0.2, 0.25) is 0 Å². The number of hydrogen-bond acceptors (Lipinski definition) is 2. The van der Waals surface area contributed by atoms with E-state index in [2.05, 4.69) is 12.0 Å². The smallest absolute Gasteiger partial charge is 0.157 e. The third-order valence-corrected chi connectivity index (χ3v) is 2.14. The topological polar surface area (TPSA) is 18.5 Å². The van der Waals surface area contributed by atoms with E-state index in [-0.39, 0.29) is 6.29 Å². The largest absolute Gasteiger partial charge is 0.353 e. The van der Waals surface area contributed by atoms with E-state index in [1.54, 1.807) is 0 Å². The van der Waals surface area contributed by atoms with E-state index in [1.165, 1.54) is 6.42 Å². The predicted octanol–water partition coefficient (Wildman–Crippen LogP) is 2.50. The van der Waals surface area contributed by atoms with E-state index in [9.17, 15) is 0 Å². The monoisotopic (exact) mass is 194 g/mol. The Labute approximate surface area is 86.3 Å². The van der Waals surface area contributed by atoms with E-state index >= 15 is 0 Å². The second kappa shape index (κ2) is 7.61. The van der Waals surface area contributed by atoms with Gasteiger partial charge in [-0.2, -0.15) is 0 Å². The fourth-order valence-corrected chi connectivity index (χ4v) is 1.36. The molecule has 2 nitrogen and oxygen atoms in total. The van der Waals surface area contributed by atoms with Crippen molar-refractivity contribution in [3.8, 4) is 12.3 Å². The van der Waals surface area contributed by atoms with Gasteiger partial charge in [-0.3, -0.25) is 0 Å². The number of terminal acetylenes is 1. The first kappa shape index (κ1) is 11.3. The number of allylic oxidation sites excluding steroid dienone is 1. The van der Waals surface area contributed by atoms with Crippen LogP contribution in [0.5, 0.6) is 0 Å². The first-order valence-electron chi connectivity index (χ1n) is 5.25. The molecule has 0 spiro atoms. The van der Waals surface area contributed by atoms with Crippen molar-refractivity contribution in [2.45, 2.75) is 38.4 Å². The Hall–Kier alpha value is -0.780. The molecule has 0 N–H and O–H groups in total. The standard InChI is InChI=1S/C12H18O2/c1-2-3-4-5-7-10-13-12-9-6-8-11-14-12/h1,5,7,12H,3-4,6,8-11H2/b7-5+. The fraction of sp³-hybridized carbons (Fsp3) is 0.667. The zero-order valence-corrected chi connectivity index (χ0v) is 8.58. The molecule has 2 heteroatoms. The van der Waals surface area contributed by atoms with Crippen LogP contribution < -0.4 is 0 Å². The van der Waals surface area contributed by atoms with Crippen molar-refractivity contribution in [2.24, 2.45) is 0 Å². The number of rotatable bonds is 5. The summed E-state index contributed by atoms with van der Waals surface area (Å²) in [6, 6.07) is 0. The lowest BCUT2D eigenvalue weighted by Crippen LogP contribution is -2.22. The third-order valence-electron chi connectivity index (χ3n) is 2.14. The van der Waals surface area contributed by atoms with Gasteiger partial charge in [0.2, 0.25) is 0 Å². The van der Waals surface area contributed by atoms with E-state index in [4.69, 9.17) is 15.9 Å². The summed E-state index contributed by atoms with van der Waals surface area (Å²) >= 11 is 0. The maximum atomic E-state index is 5.50. The Morgan fingerprint density at radius 2 is 2.36 bits per heavy atom. The molecule has 0 aromatic rings. The average Bonchev–Trinajstić information content (AvgIpc) is 2.25. The number of ether oxygens (including phenoxy) is 2. The summed E-state index contributed by atoms with van der Waals surface area (Å²) in [5.74, 6) is 2.59. The predicted molar refractivity (Wildman–Crippen MR) is 56.8 cm³/mol. The molecule has 14 heavy (non-hydrogen) atoms. The summed E-state index contributed by atoms with van der Waals surface area (Å²) in [5, 5.41) is 0. The normalized spacial score (nSPS) is 22.4. The van der Waals surface area contributed by atoms with Crippen molar-refractivity contribution >= 4 is 0 Å². The Bertz CT molecular complexity index is 197. The van der Waals surface area contributed by atoms with Crippen LogP contribution in [0.25, 0.3) is 0 Å². The lowest BCUT2D eigenvalue weighted by Gasteiger charge is -2.21. The molecule has 0 radical (unpaired) electrons. The first-order valence-corrected chi connectivity index (χ1v) is 5.25. The minimum Gasteiger partial charge on any atom is -0.353 e. The Morgan fingerprint density at radius 1 is 1.43 bits per heavy atom. The van der Waals surface area contributed by atoms with Crippen LogP contribution in [0.15, 0.2) is 12.2 Å². The van der Waals surface area contributed by atoms with Crippen LogP contribution in [0.3, 0.4) is 0 Å². The molecular formula is C12H18O2. The molecule has 0 aromatic carbocycles. The fourth-order valence-electron chi connectivity index (χ4n) is 1.36. The molecular weight excluding hydrogens is 176 g/mol. The number of hydrogen-bond donors (Lipinski definition) is 0. The summed E-state index contributed by atoms with van der Waals surface area (Å²) in [6.45, 7) is 1.47. The SMILES string of the molecule is C#CCC/C=C/COC1CCCCO1. The molecule has 1 saturated heterocycles. The Morgan fingerprint density at radius 3 is 3.07 bits per heavy atom. The lowest BCUT2D eigenvalue weighted by atomic mass is 10.2. The summed E-state index contributed by atoms with van der Waals surface area (Å²) in [5.41, 5.74) is 0. The van der Waals surface area contributed by atoms with Gasteiger partial charge in [0.15, 0.2) is 6.29 Å². The molecule has 1 rings (SSSR count). The minimum absolute atomic E-state index is 0.0148. The van der Waals surface area contributed by atoms with E-state index in [0.717, 1.165) is 32.3 Å². The Kier molecular flexibility index (Phi) is 6.14. The van der Waals surface area contributed by atoms with Crippen LogP contribution in [0.1, 0.15) is 32.1 Å². The van der Waals surface area contributed by atoms with Gasteiger partial charge in [-0.25, -0.2) is 0 Å². The van der Waals surface area contributed by atoms with Gasteiger partial charge < -0.3 is 9.47 Å². The molecule has 1 atom stereocenters. The van der Waals surface area contributed by atoms with E-state index in [0.29, 0.717) is 6.61 Å². The molecule has 0 amide bonds. The van der Waals surface area contributed by atoms with Gasteiger partial charge in [-0.1, -0.05) is 12.2 Å². The van der Waals surface area contributed by atoms with Crippen LogP contribution in [-0.2, 0) is 9.47 Å². The quantitative estimate of drug-likeness (QED) is 0.380. The molecule has 1 fully saturated rings. The molecule has 0 saturated carbocycles. The van der Waals surface area contributed by atoms with Gasteiger partial charge in [0.1, 0.15) is 0 Å². The Balaban J connectivity index is 1.97. The van der Waals surface area contributed by atoms with Gasteiger partial charge in [0.25, 0.3) is 0 Å². The molecule has 78 valence electrons. The molecule has 0 aliphatic carbocycles. The minimum atomic E-state index is 0.0148. The molecule has 0 aromatic heterocycles. The second-order valence-corrected chi connectivity index (χ2v) is 3.34. The zero-order chi connectivity index (χ0) is 10.1. The molecule has 1 aliphatic heterocycles. The lowest BCUT2D eigenvalue weighted by molar-refractivity contribution is -0.155. The highest BCUT2D eigenvalue weighted by Gasteiger charge is 2.12. The van der Waals surface area contributed by atoms with Crippen LogP contribution in [-0.4, -0.2) is 19.5 Å². The van der Waals surface area contributed by atoms with Crippen LogP contribution in [0.4, 0.5) is 0 Å². The van der Waals surface area contributed by atoms with Gasteiger partial charge in [-0.05, 0) is 25.7 Å². The molecule has 0 bridgehead atoms. The third kappa shape index (κ3) is 5.06. The first-order chi connectivity index (χ1) is 6.93. The van der Waals surface area contributed by atoms with Gasteiger partial charge in [-0.15, -0.1) is 12.3 Å². The highest BCUT2D eigenvalue weighted by Crippen LogP contribution is 2.13. The van der Waals surface area contributed by atoms with Gasteiger partial charge in [0.05, 0.1) is 6.61 Å². The van der Waals surface area contributed by atoms with Gasteiger partial charge >= 0.3 is 0 Å². The van der Waals surface area contributed by atoms with E-state index in [1.807, 2.05) is 6.08 Å². The second-order valence-electron chi connectivity index (χ2n) is 3.34. The van der Waals surface area contributed by atoms with Crippen molar-refractivity contribution in [3.05, 3.63) is 12.2 Å². The molecule has 1 heterocycles. The molecule has 1 unspecified atom stereocenters.